The normalized spacial score (nSPS) is 20.9. The molecule has 0 unspecified atom stereocenters. The highest BCUT2D eigenvalue weighted by molar-refractivity contribution is 5.18. The van der Waals surface area contributed by atoms with Crippen molar-refractivity contribution >= 4 is 0 Å². The molecular weight excluding hydrogens is 186 g/mol. The number of aliphatic hydroxyl groups is 1. The molecule has 2 nitrogen and oxygen atoms in total. The molecule has 0 aliphatic carbocycles. The van der Waals surface area contributed by atoms with E-state index in [-0.39, 0.29) is 6.10 Å². The first kappa shape index (κ1) is 12.5. The Morgan fingerprint density at radius 3 is 2.53 bits per heavy atom. The van der Waals surface area contributed by atoms with E-state index in [0.29, 0.717) is 5.92 Å². The lowest BCUT2D eigenvalue weighted by molar-refractivity contribution is 0.0872. The van der Waals surface area contributed by atoms with Gasteiger partial charge in [-0.3, -0.25) is 4.90 Å². The van der Waals surface area contributed by atoms with E-state index >= 15 is 0 Å². The Hall–Kier alpha value is -0.600. The van der Waals surface area contributed by atoms with Crippen molar-refractivity contribution in [3.8, 4) is 0 Å². The average Bonchev–Trinajstić information content (AvgIpc) is 2.19. The molecule has 0 bridgehead atoms. The molecular formula is C13H23NO. The number of aliphatic hydroxyl groups excluding tert-OH is 1. The lowest BCUT2D eigenvalue weighted by atomic mass is 10.1. The summed E-state index contributed by atoms with van der Waals surface area (Å²) in [7, 11) is 0. The third kappa shape index (κ3) is 4.63. The first-order valence-electron chi connectivity index (χ1n) is 5.85. The van der Waals surface area contributed by atoms with Gasteiger partial charge < -0.3 is 5.11 Å². The number of nitrogens with zero attached hydrogens (tertiary/aromatic N) is 1. The smallest absolute Gasteiger partial charge is 0.0564 e. The number of rotatable bonds is 4. The van der Waals surface area contributed by atoms with E-state index in [1.165, 1.54) is 5.57 Å². The molecule has 1 aliphatic heterocycles. The van der Waals surface area contributed by atoms with Gasteiger partial charge in [-0.15, -0.1) is 0 Å². The zero-order valence-electron chi connectivity index (χ0n) is 9.95. The molecule has 15 heavy (non-hydrogen) atoms. The second-order valence-electron chi connectivity index (χ2n) is 4.70. The molecule has 0 atom stereocenters. The second kappa shape index (κ2) is 6.09. The van der Waals surface area contributed by atoms with Gasteiger partial charge in [0.2, 0.25) is 0 Å². The third-order valence-corrected chi connectivity index (χ3v) is 2.77. The molecule has 0 radical (unpaired) electrons. The lowest BCUT2D eigenvalue weighted by Gasteiger charge is -2.29. The van der Waals surface area contributed by atoms with E-state index in [2.05, 4.69) is 31.4 Å². The molecule has 86 valence electrons. The Labute approximate surface area is 93.3 Å². The molecule has 0 aromatic carbocycles. The molecule has 1 N–H and O–H groups in total. The van der Waals surface area contributed by atoms with Gasteiger partial charge in [-0.1, -0.05) is 32.6 Å². The van der Waals surface area contributed by atoms with Crippen LogP contribution in [0.25, 0.3) is 0 Å². The number of allylic oxidation sites excluding steroid dienone is 1. The minimum absolute atomic E-state index is 0.0810. The van der Waals surface area contributed by atoms with E-state index in [4.69, 9.17) is 0 Å². The summed E-state index contributed by atoms with van der Waals surface area (Å²) < 4.78 is 0. The minimum atomic E-state index is -0.0810. The Balaban J connectivity index is 2.42. The monoisotopic (exact) mass is 209 g/mol. The van der Waals surface area contributed by atoms with Crippen LogP contribution in [0.2, 0.25) is 0 Å². The summed E-state index contributed by atoms with van der Waals surface area (Å²) in [6.45, 7) is 11.2. The molecule has 1 rings (SSSR count). The summed E-state index contributed by atoms with van der Waals surface area (Å²) in [6, 6.07) is 0. The Morgan fingerprint density at radius 1 is 1.47 bits per heavy atom. The SMILES string of the molecule is C=C/C(=C\C(C)C)CN1CCC(O)CC1. The van der Waals surface area contributed by atoms with Crippen molar-refractivity contribution in [3.63, 3.8) is 0 Å². The first-order valence-corrected chi connectivity index (χ1v) is 5.85. The van der Waals surface area contributed by atoms with Crippen LogP contribution in [-0.2, 0) is 0 Å². The second-order valence-corrected chi connectivity index (χ2v) is 4.70. The third-order valence-electron chi connectivity index (χ3n) is 2.77. The van der Waals surface area contributed by atoms with Crippen LogP contribution in [0, 0.1) is 5.92 Å². The van der Waals surface area contributed by atoms with Gasteiger partial charge in [-0.05, 0) is 24.3 Å². The molecule has 1 saturated heterocycles. The van der Waals surface area contributed by atoms with E-state index < -0.39 is 0 Å². The maximum atomic E-state index is 9.40. The van der Waals surface area contributed by atoms with E-state index in [9.17, 15) is 5.11 Å². The van der Waals surface area contributed by atoms with Gasteiger partial charge in [0.15, 0.2) is 0 Å². The summed E-state index contributed by atoms with van der Waals surface area (Å²) >= 11 is 0. The zero-order valence-corrected chi connectivity index (χ0v) is 9.95. The van der Waals surface area contributed by atoms with Crippen LogP contribution in [-0.4, -0.2) is 35.7 Å². The van der Waals surface area contributed by atoms with E-state index in [1.807, 2.05) is 6.08 Å². The molecule has 0 saturated carbocycles. The van der Waals surface area contributed by atoms with Gasteiger partial charge in [-0.25, -0.2) is 0 Å². The fourth-order valence-corrected chi connectivity index (χ4v) is 1.95. The molecule has 0 aromatic heterocycles. The molecule has 1 fully saturated rings. The summed E-state index contributed by atoms with van der Waals surface area (Å²) in [5, 5.41) is 9.40. The van der Waals surface area contributed by atoms with Crippen LogP contribution in [0.3, 0.4) is 0 Å². The highest BCUT2D eigenvalue weighted by atomic mass is 16.3. The predicted octanol–water partition coefficient (Wildman–Crippen LogP) is 2.21. The zero-order chi connectivity index (χ0) is 11.3. The van der Waals surface area contributed by atoms with Crippen LogP contribution < -0.4 is 0 Å². The van der Waals surface area contributed by atoms with Crippen LogP contribution in [0.4, 0.5) is 0 Å². The molecule has 1 heterocycles. The first-order chi connectivity index (χ1) is 7.11. The summed E-state index contributed by atoms with van der Waals surface area (Å²) in [4.78, 5) is 2.39. The fraction of sp³-hybridized carbons (Fsp3) is 0.692. The van der Waals surface area contributed by atoms with Crippen LogP contribution in [0.5, 0.6) is 0 Å². The highest BCUT2D eigenvalue weighted by Crippen LogP contribution is 2.13. The van der Waals surface area contributed by atoms with Crippen molar-refractivity contribution in [2.24, 2.45) is 5.92 Å². The van der Waals surface area contributed by atoms with Gasteiger partial charge >= 0.3 is 0 Å². The van der Waals surface area contributed by atoms with E-state index in [1.54, 1.807) is 0 Å². The topological polar surface area (TPSA) is 23.5 Å². The largest absolute Gasteiger partial charge is 0.393 e. The summed E-state index contributed by atoms with van der Waals surface area (Å²) in [5.74, 6) is 0.577. The standard InChI is InChI=1S/C13H23NO/c1-4-12(9-11(2)3)10-14-7-5-13(15)6-8-14/h4,9,11,13,15H,1,5-8,10H2,2-3H3/b12-9+. The molecule has 2 heteroatoms. The minimum Gasteiger partial charge on any atom is -0.393 e. The lowest BCUT2D eigenvalue weighted by Crippen LogP contribution is -2.36. The highest BCUT2D eigenvalue weighted by Gasteiger charge is 2.16. The number of hydrogen-bond donors (Lipinski definition) is 1. The number of hydrogen-bond acceptors (Lipinski definition) is 2. The maximum absolute atomic E-state index is 9.40. The Bertz CT molecular complexity index is 225. The van der Waals surface area contributed by atoms with Gasteiger partial charge in [0.1, 0.15) is 0 Å². The van der Waals surface area contributed by atoms with Gasteiger partial charge in [-0.2, -0.15) is 0 Å². The maximum Gasteiger partial charge on any atom is 0.0564 e. The van der Waals surface area contributed by atoms with Gasteiger partial charge in [0.25, 0.3) is 0 Å². The van der Waals surface area contributed by atoms with E-state index in [0.717, 1.165) is 32.5 Å². The van der Waals surface area contributed by atoms with Crippen molar-refractivity contribution < 1.29 is 5.11 Å². The van der Waals surface area contributed by atoms with Crippen molar-refractivity contribution in [2.75, 3.05) is 19.6 Å². The van der Waals surface area contributed by atoms with Crippen molar-refractivity contribution in [3.05, 3.63) is 24.3 Å². The van der Waals surface area contributed by atoms with Crippen LogP contribution in [0.15, 0.2) is 24.3 Å². The van der Waals surface area contributed by atoms with Crippen LogP contribution in [0.1, 0.15) is 26.7 Å². The predicted molar refractivity (Wildman–Crippen MR) is 64.8 cm³/mol. The number of likely N-dealkylation sites (tertiary alicyclic amines) is 1. The van der Waals surface area contributed by atoms with Crippen molar-refractivity contribution in [1.29, 1.82) is 0 Å². The quantitative estimate of drug-likeness (QED) is 0.718. The average molecular weight is 209 g/mol. The van der Waals surface area contributed by atoms with Crippen LogP contribution >= 0.6 is 0 Å². The fourth-order valence-electron chi connectivity index (χ4n) is 1.95. The Morgan fingerprint density at radius 2 is 2.07 bits per heavy atom. The summed E-state index contributed by atoms with van der Waals surface area (Å²) in [5.41, 5.74) is 1.31. The van der Waals surface area contributed by atoms with Gasteiger partial charge in [0, 0.05) is 19.6 Å². The summed E-state index contributed by atoms with van der Waals surface area (Å²) in [6.07, 6.45) is 5.95. The van der Waals surface area contributed by atoms with Crippen molar-refractivity contribution in [2.45, 2.75) is 32.8 Å². The number of piperidine rings is 1. The van der Waals surface area contributed by atoms with Gasteiger partial charge in [0.05, 0.1) is 6.10 Å². The van der Waals surface area contributed by atoms with Crippen molar-refractivity contribution in [1.82, 2.24) is 4.90 Å². The Kier molecular flexibility index (Phi) is 5.06. The molecule has 0 aromatic rings. The molecule has 0 spiro atoms. The molecule has 0 amide bonds. The molecule has 1 aliphatic rings.